The van der Waals surface area contributed by atoms with Crippen LogP contribution in [0, 0.1) is 0 Å². The van der Waals surface area contributed by atoms with Crippen LogP contribution < -0.4 is 4.74 Å². The van der Waals surface area contributed by atoms with E-state index in [1.807, 2.05) is 6.07 Å². The summed E-state index contributed by atoms with van der Waals surface area (Å²) >= 11 is 3.34. The van der Waals surface area contributed by atoms with Crippen LogP contribution in [0.3, 0.4) is 0 Å². The second-order valence-electron chi connectivity index (χ2n) is 3.32. The number of Topliss-reactive ketones (excluding diaryl/α,β-unsaturated/α-hetero) is 1. The molecule has 1 aliphatic rings. The number of ether oxygens (including phenoxy) is 1. The van der Waals surface area contributed by atoms with Gasteiger partial charge in [-0.3, -0.25) is 9.79 Å². The van der Waals surface area contributed by atoms with E-state index in [1.54, 1.807) is 19.2 Å². The summed E-state index contributed by atoms with van der Waals surface area (Å²) < 4.78 is 6.39. The number of aliphatic imine (C=N–C) groups is 1. The number of halogens is 1. The van der Waals surface area contributed by atoms with Gasteiger partial charge in [0.1, 0.15) is 12.4 Å². The second-order valence-corrected chi connectivity index (χ2v) is 4.23. The van der Waals surface area contributed by atoms with Crippen LogP contribution in [0.5, 0.6) is 5.75 Å². The summed E-state index contributed by atoms with van der Waals surface area (Å²) in [5.41, 5.74) is 1.41. The molecule has 0 amide bonds. The van der Waals surface area contributed by atoms with Crippen molar-refractivity contribution in [2.45, 2.75) is 6.42 Å². The van der Waals surface area contributed by atoms with Crippen LogP contribution in [-0.2, 0) is 0 Å². The first kappa shape index (κ1) is 10.4. The quantitative estimate of drug-likeness (QED) is 0.725. The third kappa shape index (κ3) is 2.09. The molecule has 0 atom stereocenters. The lowest BCUT2D eigenvalue weighted by Crippen LogP contribution is -2.11. The molecule has 1 aliphatic heterocycles. The first-order valence-electron chi connectivity index (χ1n) is 4.61. The Hall–Kier alpha value is -1.16. The number of carbonyl (C=O) groups excluding carboxylic acids is 1. The molecule has 1 aromatic carbocycles. The number of carbonyl (C=O) groups is 1. The molecule has 0 bridgehead atoms. The Kier molecular flexibility index (Phi) is 2.86. The van der Waals surface area contributed by atoms with Crippen LogP contribution in [0.4, 0.5) is 0 Å². The predicted octanol–water partition coefficient (Wildman–Crippen LogP) is 2.49. The topological polar surface area (TPSA) is 38.7 Å². The first-order valence-corrected chi connectivity index (χ1v) is 5.40. The van der Waals surface area contributed by atoms with Crippen molar-refractivity contribution in [3.05, 3.63) is 28.2 Å². The van der Waals surface area contributed by atoms with Gasteiger partial charge in [-0.2, -0.15) is 0 Å². The minimum atomic E-state index is 0.0596. The monoisotopic (exact) mass is 267 g/mol. The lowest BCUT2D eigenvalue weighted by molar-refractivity contribution is 0.100. The number of hydrogen-bond acceptors (Lipinski definition) is 3. The Morgan fingerprint density at radius 2 is 2.27 bits per heavy atom. The van der Waals surface area contributed by atoms with Gasteiger partial charge in [0.2, 0.25) is 0 Å². The van der Waals surface area contributed by atoms with E-state index >= 15 is 0 Å². The summed E-state index contributed by atoms with van der Waals surface area (Å²) in [5.74, 6) is 0.700. The zero-order chi connectivity index (χ0) is 10.8. The highest BCUT2D eigenvalue weighted by Gasteiger charge is 2.19. The Labute approximate surface area is 96.3 Å². The van der Waals surface area contributed by atoms with E-state index in [0.717, 1.165) is 10.2 Å². The smallest absolute Gasteiger partial charge is 0.172 e. The third-order valence-electron chi connectivity index (χ3n) is 2.32. The Balaban J connectivity index is 2.44. The fourth-order valence-electron chi connectivity index (χ4n) is 1.48. The fraction of sp³-hybridized carbons (Fsp3) is 0.273. The molecule has 0 saturated heterocycles. The van der Waals surface area contributed by atoms with Gasteiger partial charge in [-0.1, -0.05) is 15.9 Å². The van der Waals surface area contributed by atoms with Crippen LogP contribution in [-0.4, -0.2) is 25.1 Å². The summed E-state index contributed by atoms with van der Waals surface area (Å²) in [4.78, 5) is 15.9. The van der Waals surface area contributed by atoms with E-state index in [2.05, 4.69) is 20.9 Å². The van der Waals surface area contributed by atoms with Crippen molar-refractivity contribution in [2.75, 3.05) is 13.7 Å². The maximum absolute atomic E-state index is 11.8. The SMILES string of the molecule is CN=C1COc2ccc(Br)cc2C(=O)C1. The van der Waals surface area contributed by atoms with E-state index < -0.39 is 0 Å². The summed E-state index contributed by atoms with van der Waals surface area (Å²) in [5, 5.41) is 0. The molecule has 4 heteroatoms. The number of fused-ring (bicyclic) bond motifs is 1. The Bertz CT molecular complexity index is 440. The summed E-state index contributed by atoms with van der Waals surface area (Å²) in [6.45, 7) is 0.400. The largest absolute Gasteiger partial charge is 0.487 e. The molecular weight excluding hydrogens is 258 g/mol. The highest BCUT2D eigenvalue weighted by atomic mass is 79.9. The molecule has 0 spiro atoms. The minimum Gasteiger partial charge on any atom is -0.487 e. The summed E-state index contributed by atoms with van der Waals surface area (Å²) in [6.07, 6.45) is 0.347. The number of benzene rings is 1. The van der Waals surface area contributed by atoms with Crippen molar-refractivity contribution >= 4 is 27.4 Å². The Morgan fingerprint density at radius 1 is 1.47 bits per heavy atom. The lowest BCUT2D eigenvalue weighted by Gasteiger charge is -2.05. The molecule has 0 aliphatic carbocycles. The van der Waals surface area contributed by atoms with E-state index in [9.17, 15) is 4.79 Å². The van der Waals surface area contributed by atoms with Crippen LogP contribution in [0.1, 0.15) is 16.8 Å². The van der Waals surface area contributed by atoms with Crippen LogP contribution in [0.15, 0.2) is 27.7 Å². The number of hydrogen-bond donors (Lipinski definition) is 0. The minimum absolute atomic E-state index is 0.0596. The van der Waals surface area contributed by atoms with Crippen LogP contribution in [0.25, 0.3) is 0 Å². The third-order valence-corrected chi connectivity index (χ3v) is 2.81. The molecule has 0 radical (unpaired) electrons. The van der Waals surface area contributed by atoms with Gasteiger partial charge < -0.3 is 4.74 Å². The normalized spacial score (nSPS) is 18.3. The zero-order valence-electron chi connectivity index (χ0n) is 8.29. The van der Waals surface area contributed by atoms with Gasteiger partial charge in [0.15, 0.2) is 5.78 Å². The zero-order valence-corrected chi connectivity index (χ0v) is 9.87. The van der Waals surface area contributed by atoms with Crippen molar-refractivity contribution in [1.82, 2.24) is 0 Å². The van der Waals surface area contributed by atoms with Gasteiger partial charge in [0, 0.05) is 11.5 Å². The first-order chi connectivity index (χ1) is 7.20. The summed E-state index contributed by atoms with van der Waals surface area (Å²) in [7, 11) is 1.68. The van der Waals surface area contributed by atoms with Gasteiger partial charge in [-0.15, -0.1) is 0 Å². The maximum atomic E-state index is 11.8. The fourth-order valence-corrected chi connectivity index (χ4v) is 1.84. The summed E-state index contributed by atoms with van der Waals surface area (Å²) in [6, 6.07) is 5.45. The molecule has 2 rings (SSSR count). The predicted molar refractivity (Wildman–Crippen MR) is 61.9 cm³/mol. The number of nitrogens with zero attached hydrogens (tertiary/aromatic N) is 1. The molecule has 0 unspecified atom stereocenters. The second kappa shape index (κ2) is 4.14. The Morgan fingerprint density at radius 3 is 3.00 bits per heavy atom. The molecule has 78 valence electrons. The number of ketones is 1. The maximum Gasteiger partial charge on any atom is 0.172 e. The average Bonchev–Trinajstić information content (AvgIpc) is 2.39. The molecule has 1 heterocycles. The van der Waals surface area contributed by atoms with Crippen LogP contribution in [0.2, 0.25) is 0 Å². The molecule has 0 aromatic heterocycles. The molecule has 1 aromatic rings. The average molecular weight is 268 g/mol. The van der Waals surface area contributed by atoms with E-state index in [-0.39, 0.29) is 5.78 Å². The molecule has 15 heavy (non-hydrogen) atoms. The van der Waals surface area contributed by atoms with E-state index in [4.69, 9.17) is 4.74 Å². The highest BCUT2D eigenvalue weighted by Crippen LogP contribution is 2.26. The van der Waals surface area contributed by atoms with Crippen LogP contribution >= 0.6 is 15.9 Å². The molecule has 0 saturated carbocycles. The van der Waals surface area contributed by atoms with Crippen molar-refractivity contribution < 1.29 is 9.53 Å². The molecule has 3 nitrogen and oxygen atoms in total. The van der Waals surface area contributed by atoms with Crippen molar-refractivity contribution in [2.24, 2.45) is 4.99 Å². The standard InChI is InChI=1S/C11H10BrNO2/c1-13-8-5-10(14)9-4-7(12)2-3-11(9)15-6-8/h2-4H,5-6H2,1H3. The lowest BCUT2D eigenvalue weighted by atomic mass is 10.1. The molecule has 0 fully saturated rings. The van der Waals surface area contributed by atoms with Gasteiger partial charge in [-0.25, -0.2) is 0 Å². The van der Waals surface area contributed by atoms with Crippen molar-refractivity contribution in [3.63, 3.8) is 0 Å². The number of rotatable bonds is 0. The molecule has 0 N–H and O–H groups in total. The molecular formula is C11H10BrNO2. The highest BCUT2D eigenvalue weighted by molar-refractivity contribution is 9.10. The van der Waals surface area contributed by atoms with Gasteiger partial charge in [-0.05, 0) is 18.2 Å². The van der Waals surface area contributed by atoms with Gasteiger partial charge in [0.25, 0.3) is 0 Å². The van der Waals surface area contributed by atoms with Gasteiger partial charge in [0.05, 0.1) is 17.7 Å². The van der Waals surface area contributed by atoms with Gasteiger partial charge >= 0.3 is 0 Å². The van der Waals surface area contributed by atoms with Crippen molar-refractivity contribution in [1.29, 1.82) is 0 Å². The van der Waals surface area contributed by atoms with E-state index in [0.29, 0.717) is 24.3 Å². The van der Waals surface area contributed by atoms with Crippen molar-refractivity contribution in [3.8, 4) is 5.75 Å². The van der Waals surface area contributed by atoms with E-state index in [1.165, 1.54) is 0 Å².